The summed E-state index contributed by atoms with van der Waals surface area (Å²) in [6, 6.07) is 5.06. The molecule has 0 atom stereocenters. The van der Waals surface area contributed by atoms with Gasteiger partial charge in [-0.25, -0.2) is 0 Å². The van der Waals surface area contributed by atoms with Crippen LogP contribution < -0.4 is 20.1 Å². The van der Waals surface area contributed by atoms with Crippen molar-refractivity contribution in [2.75, 3.05) is 20.2 Å². The molecule has 5 nitrogen and oxygen atoms in total. The second kappa shape index (κ2) is 9.86. The van der Waals surface area contributed by atoms with E-state index in [2.05, 4.69) is 34.2 Å². The van der Waals surface area contributed by atoms with Gasteiger partial charge in [0, 0.05) is 25.7 Å². The van der Waals surface area contributed by atoms with E-state index in [0.29, 0.717) is 36.3 Å². The minimum Gasteiger partial charge on any atom is -0.490 e. The molecule has 0 aliphatic rings. The third-order valence-corrected chi connectivity index (χ3v) is 2.91. The molecule has 0 aliphatic heterocycles. The van der Waals surface area contributed by atoms with Gasteiger partial charge in [0.25, 0.3) is 0 Å². The van der Waals surface area contributed by atoms with Crippen molar-refractivity contribution >= 4 is 5.96 Å². The first-order valence-corrected chi connectivity index (χ1v) is 7.61. The lowest BCUT2D eigenvalue weighted by molar-refractivity contribution is -0.0520. The molecule has 0 amide bonds. The molecule has 0 heterocycles. The van der Waals surface area contributed by atoms with Gasteiger partial charge in [0.15, 0.2) is 17.5 Å². The first-order valence-electron chi connectivity index (χ1n) is 7.61. The summed E-state index contributed by atoms with van der Waals surface area (Å²) >= 11 is 0. The minimum atomic E-state index is -2.91. The fourth-order valence-electron chi connectivity index (χ4n) is 1.89. The minimum absolute atomic E-state index is 0.0520. The maximum Gasteiger partial charge on any atom is 0.387 e. The van der Waals surface area contributed by atoms with Crippen LogP contribution in [0.3, 0.4) is 0 Å². The number of rotatable bonds is 8. The van der Waals surface area contributed by atoms with Gasteiger partial charge in [0.05, 0.1) is 6.61 Å². The first kappa shape index (κ1) is 19.0. The number of guanidine groups is 1. The van der Waals surface area contributed by atoms with Gasteiger partial charge in [-0.2, -0.15) is 8.78 Å². The van der Waals surface area contributed by atoms with Crippen molar-refractivity contribution in [1.82, 2.24) is 10.6 Å². The van der Waals surface area contributed by atoms with E-state index in [9.17, 15) is 8.78 Å². The molecule has 0 bridgehead atoms. The van der Waals surface area contributed by atoms with Gasteiger partial charge in [-0.05, 0) is 18.9 Å². The van der Waals surface area contributed by atoms with Gasteiger partial charge in [-0.3, -0.25) is 4.99 Å². The lowest BCUT2D eigenvalue weighted by Gasteiger charge is -2.17. The molecule has 0 saturated carbocycles. The number of nitrogens with zero attached hydrogens (tertiary/aromatic N) is 1. The molecule has 7 heteroatoms. The van der Waals surface area contributed by atoms with Crippen molar-refractivity contribution in [2.45, 2.75) is 33.9 Å². The Kier molecular flexibility index (Phi) is 8.15. The SMILES string of the molecule is CCOc1cccc(CNC(=NC)NCC(C)C)c1OC(F)F. The average Bonchev–Trinajstić information content (AvgIpc) is 2.49. The largest absolute Gasteiger partial charge is 0.490 e. The number of ether oxygens (including phenoxy) is 2. The van der Waals surface area contributed by atoms with E-state index in [-0.39, 0.29) is 5.75 Å². The van der Waals surface area contributed by atoms with Crippen LogP contribution in [0, 0.1) is 5.92 Å². The number of aliphatic imine (C=N–C) groups is 1. The molecule has 0 aliphatic carbocycles. The van der Waals surface area contributed by atoms with E-state index < -0.39 is 6.61 Å². The number of halogens is 2. The molecule has 2 N–H and O–H groups in total. The van der Waals surface area contributed by atoms with Crippen LogP contribution in [-0.2, 0) is 6.54 Å². The van der Waals surface area contributed by atoms with E-state index >= 15 is 0 Å². The number of nitrogens with one attached hydrogen (secondary N) is 2. The zero-order valence-electron chi connectivity index (χ0n) is 14.0. The fourth-order valence-corrected chi connectivity index (χ4v) is 1.89. The number of para-hydroxylation sites is 1. The van der Waals surface area contributed by atoms with Crippen LogP contribution in [0.1, 0.15) is 26.3 Å². The van der Waals surface area contributed by atoms with E-state index in [1.54, 1.807) is 32.2 Å². The zero-order valence-corrected chi connectivity index (χ0v) is 14.0. The topological polar surface area (TPSA) is 54.9 Å². The summed E-state index contributed by atoms with van der Waals surface area (Å²) in [5.41, 5.74) is 0.573. The average molecular weight is 329 g/mol. The summed E-state index contributed by atoms with van der Waals surface area (Å²) in [5, 5.41) is 6.24. The molecule has 1 rings (SSSR count). The molecule has 0 unspecified atom stereocenters. The summed E-state index contributed by atoms with van der Waals surface area (Å²) in [6.45, 7) is 4.47. The molecule has 0 saturated heterocycles. The van der Waals surface area contributed by atoms with Crippen molar-refractivity contribution in [1.29, 1.82) is 0 Å². The van der Waals surface area contributed by atoms with E-state index in [4.69, 9.17) is 4.74 Å². The molecule has 0 spiro atoms. The predicted molar refractivity (Wildman–Crippen MR) is 87.3 cm³/mol. The summed E-state index contributed by atoms with van der Waals surface area (Å²) in [6.07, 6.45) is 0. The lowest BCUT2D eigenvalue weighted by Crippen LogP contribution is -2.38. The van der Waals surface area contributed by atoms with Gasteiger partial charge < -0.3 is 20.1 Å². The van der Waals surface area contributed by atoms with Crippen LogP contribution in [0.4, 0.5) is 8.78 Å². The first-order chi connectivity index (χ1) is 11.0. The highest BCUT2D eigenvalue weighted by atomic mass is 19.3. The second-order valence-electron chi connectivity index (χ2n) is 5.26. The maximum atomic E-state index is 12.7. The Morgan fingerprint density at radius 1 is 1.26 bits per heavy atom. The van der Waals surface area contributed by atoms with E-state index in [0.717, 1.165) is 6.54 Å². The van der Waals surface area contributed by atoms with Crippen molar-refractivity contribution in [3.8, 4) is 11.5 Å². The van der Waals surface area contributed by atoms with Crippen molar-refractivity contribution in [3.05, 3.63) is 23.8 Å². The third-order valence-electron chi connectivity index (χ3n) is 2.91. The van der Waals surface area contributed by atoms with Crippen LogP contribution >= 0.6 is 0 Å². The van der Waals surface area contributed by atoms with Gasteiger partial charge in [0.2, 0.25) is 0 Å². The highest BCUT2D eigenvalue weighted by Crippen LogP contribution is 2.32. The number of alkyl halides is 2. The van der Waals surface area contributed by atoms with Gasteiger partial charge in [-0.1, -0.05) is 26.0 Å². The van der Waals surface area contributed by atoms with Crippen molar-refractivity contribution in [2.24, 2.45) is 10.9 Å². The van der Waals surface area contributed by atoms with E-state index in [1.807, 2.05) is 0 Å². The molecule has 130 valence electrons. The smallest absolute Gasteiger partial charge is 0.387 e. The highest BCUT2D eigenvalue weighted by Gasteiger charge is 2.15. The zero-order chi connectivity index (χ0) is 17.2. The molecule has 0 aromatic heterocycles. The number of benzene rings is 1. The Labute approximate surface area is 136 Å². The molecule has 23 heavy (non-hydrogen) atoms. The van der Waals surface area contributed by atoms with Crippen molar-refractivity contribution < 1.29 is 18.3 Å². The van der Waals surface area contributed by atoms with Gasteiger partial charge >= 0.3 is 6.61 Å². The molecule has 1 aromatic rings. The molecule has 0 radical (unpaired) electrons. The summed E-state index contributed by atoms with van der Waals surface area (Å²) < 4.78 is 35.3. The van der Waals surface area contributed by atoms with Crippen LogP contribution in [0.2, 0.25) is 0 Å². The van der Waals surface area contributed by atoms with Gasteiger partial charge in [0.1, 0.15) is 0 Å². The van der Waals surface area contributed by atoms with Crippen LogP contribution in [0.15, 0.2) is 23.2 Å². The maximum absolute atomic E-state index is 12.7. The standard InChI is InChI=1S/C16H25F2N3O2/c1-5-22-13-8-6-7-12(14(13)23-15(17)18)10-21-16(19-4)20-9-11(2)3/h6-8,11,15H,5,9-10H2,1-4H3,(H2,19,20,21). The fraction of sp³-hybridized carbons (Fsp3) is 0.562. The normalized spacial score (nSPS) is 11.7. The summed E-state index contributed by atoms with van der Waals surface area (Å²) in [4.78, 5) is 4.10. The van der Waals surface area contributed by atoms with Crippen molar-refractivity contribution in [3.63, 3.8) is 0 Å². The Morgan fingerprint density at radius 2 is 2.00 bits per heavy atom. The third kappa shape index (κ3) is 6.71. The Hall–Kier alpha value is -2.05. The number of hydrogen-bond acceptors (Lipinski definition) is 3. The molecular formula is C16H25F2N3O2. The predicted octanol–water partition coefficient (Wildman–Crippen LogP) is 3.01. The number of hydrogen-bond donors (Lipinski definition) is 2. The monoisotopic (exact) mass is 329 g/mol. The second-order valence-corrected chi connectivity index (χ2v) is 5.26. The molecular weight excluding hydrogens is 304 g/mol. The summed E-state index contributed by atoms with van der Waals surface area (Å²) in [7, 11) is 1.66. The van der Waals surface area contributed by atoms with Crippen LogP contribution in [-0.4, -0.2) is 32.8 Å². The summed E-state index contributed by atoms with van der Waals surface area (Å²) in [5.74, 6) is 1.42. The Bertz CT molecular complexity index is 508. The molecule has 1 aromatic carbocycles. The Balaban J connectivity index is 2.83. The van der Waals surface area contributed by atoms with E-state index in [1.165, 1.54) is 0 Å². The van der Waals surface area contributed by atoms with Crippen LogP contribution in [0.25, 0.3) is 0 Å². The molecule has 0 fully saturated rings. The quantitative estimate of drug-likeness (QED) is 0.569. The highest BCUT2D eigenvalue weighted by molar-refractivity contribution is 5.79. The van der Waals surface area contributed by atoms with Crippen LogP contribution in [0.5, 0.6) is 11.5 Å². The Morgan fingerprint density at radius 3 is 2.57 bits per heavy atom. The lowest BCUT2D eigenvalue weighted by atomic mass is 10.2. The van der Waals surface area contributed by atoms with Gasteiger partial charge in [-0.15, -0.1) is 0 Å².